The first-order valence-corrected chi connectivity index (χ1v) is 13.1. The van der Waals surface area contributed by atoms with E-state index in [1.807, 2.05) is 23.1 Å². The van der Waals surface area contributed by atoms with E-state index in [0.29, 0.717) is 24.2 Å². The molecule has 8 heteroatoms. The van der Waals surface area contributed by atoms with Crippen LogP contribution in [0.3, 0.4) is 0 Å². The summed E-state index contributed by atoms with van der Waals surface area (Å²) in [5.41, 5.74) is 3.37. The Morgan fingerprint density at radius 1 is 1.03 bits per heavy atom. The van der Waals surface area contributed by atoms with Gasteiger partial charge in [0, 0.05) is 55.5 Å². The molecule has 2 heterocycles. The molecule has 0 spiro atoms. The number of hydrogen-bond acceptors (Lipinski definition) is 6. The van der Waals surface area contributed by atoms with Crippen molar-refractivity contribution in [3.05, 3.63) is 76.8 Å². The lowest BCUT2D eigenvalue weighted by molar-refractivity contribution is 0.0627. The largest absolute Gasteiger partial charge is 0.336 e. The molecule has 0 unspecified atom stereocenters. The average molecular weight is 456 g/mol. The highest BCUT2D eigenvalue weighted by atomic mass is 32.2. The molecule has 6 nitrogen and oxygen atoms in total. The van der Waals surface area contributed by atoms with Crippen molar-refractivity contribution in [1.82, 2.24) is 14.8 Å². The first kappa shape index (κ1) is 21.7. The summed E-state index contributed by atoms with van der Waals surface area (Å²) in [7, 11) is -3.13. The number of thiazole rings is 1. The Morgan fingerprint density at radius 3 is 2.48 bits per heavy atom. The summed E-state index contributed by atoms with van der Waals surface area (Å²) in [4.78, 5) is 21.8. The minimum atomic E-state index is -3.13. The Morgan fingerprint density at radius 2 is 1.77 bits per heavy atom. The van der Waals surface area contributed by atoms with Gasteiger partial charge in [0.1, 0.15) is 5.01 Å². The Bertz CT molecular complexity index is 1150. The zero-order valence-corrected chi connectivity index (χ0v) is 19.0. The molecule has 31 heavy (non-hydrogen) atoms. The summed E-state index contributed by atoms with van der Waals surface area (Å²) in [6, 6.07) is 17.1. The minimum absolute atomic E-state index is 0.0463. The molecule has 2 aromatic carbocycles. The third kappa shape index (κ3) is 5.78. The number of nitrogens with zero attached hydrogens (tertiary/aromatic N) is 3. The second-order valence-electron chi connectivity index (χ2n) is 7.85. The van der Waals surface area contributed by atoms with Crippen LogP contribution in [0, 0.1) is 0 Å². The molecular formula is C23H25N3O3S2. The van der Waals surface area contributed by atoms with Gasteiger partial charge in [-0.1, -0.05) is 42.5 Å². The number of piperazine rings is 1. The average Bonchev–Trinajstić information content (AvgIpc) is 3.22. The van der Waals surface area contributed by atoms with Crippen LogP contribution in [-0.2, 0) is 22.1 Å². The maximum atomic E-state index is 12.9. The van der Waals surface area contributed by atoms with Crippen molar-refractivity contribution in [2.75, 3.05) is 32.4 Å². The van der Waals surface area contributed by atoms with E-state index in [0.717, 1.165) is 35.9 Å². The fraction of sp³-hybridized carbons (Fsp3) is 0.304. The first-order valence-electron chi connectivity index (χ1n) is 10.2. The normalized spacial score (nSPS) is 15.2. The van der Waals surface area contributed by atoms with Gasteiger partial charge in [-0.25, -0.2) is 13.4 Å². The van der Waals surface area contributed by atoms with Crippen LogP contribution in [-0.4, -0.2) is 61.5 Å². The van der Waals surface area contributed by atoms with Gasteiger partial charge in [-0.05, 0) is 17.7 Å². The standard InChI is InChI=1S/C23H25N3O3S2/c1-31(28,29)17-18-6-5-9-20(14-18)23(27)26-12-10-25(11-13-26)15-21-16-30-22(24-21)19-7-3-2-4-8-19/h2-9,14,16H,10-13,15,17H2,1H3. The van der Waals surface area contributed by atoms with E-state index in [9.17, 15) is 13.2 Å². The number of aromatic nitrogens is 1. The molecule has 1 aliphatic heterocycles. The quantitative estimate of drug-likeness (QED) is 0.570. The van der Waals surface area contributed by atoms with Crippen LogP contribution in [0.1, 0.15) is 21.6 Å². The molecule has 4 rings (SSSR count). The second-order valence-corrected chi connectivity index (χ2v) is 10.8. The number of hydrogen-bond donors (Lipinski definition) is 0. The summed E-state index contributed by atoms with van der Waals surface area (Å²) in [5, 5.41) is 3.13. The zero-order chi connectivity index (χ0) is 21.8. The Balaban J connectivity index is 1.33. The van der Waals surface area contributed by atoms with Crippen LogP contribution in [0.4, 0.5) is 0 Å². The molecule has 1 fully saturated rings. The van der Waals surface area contributed by atoms with Crippen LogP contribution in [0.15, 0.2) is 60.0 Å². The van der Waals surface area contributed by atoms with Gasteiger partial charge in [0.25, 0.3) is 5.91 Å². The van der Waals surface area contributed by atoms with Crippen molar-refractivity contribution >= 4 is 27.1 Å². The SMILES string of the molecule is CS(=O)(=O)Cc1cccc(C(=O)N2CCN(Cc3csc(-c4ccccc4)n3)CC2)c1. The molecule has 1 amide bonds. The van der Waals surface area contributed by atoms with E-state index >= 15 is 0 Å². The third-order valence-electron chi connectivity index (χ3n) is 5.22. The molecule has 0 atom stereocenters. The Kier molecular flexibility index (Phi) is 6.50. The lowest BCUT2D eigenvalue weighted by Crippen LogP contribution is -2.48. The van der Waals surface area contributed by atoms with Crippen molar-refractivity contribution in [3.8, 4) is 10.6 Å². The molecule has 0 aliphatic carbocycles. The van der Waals surface area contributed by atoms with E-state index in [4.69, 9.17) is 4.98 Å². The second kappa shape index (κ2) is 9.30. The molecule has 0 bridgehead atoms. The molecule has 0 radical (unpaired) electrons. The fourth-order valence-electron chi connectivity index (χ4n) is 3.71. The van der Waals surface area contributed by atoms with Crippen molar-refractivity contribution in [3.63, 3.8) is 0 Å². The van der Waals surface area contributed by atoms with Gasteiger partial charge in [-0.3, -0.25) is 9.69 Å². The molecular weight excluding hydrogens is 430 g/mol. The monoisotopic (exact) mass is 455 g/mol. The zero-order valence-electron chi connectivity index (χ0n) is 17.4. The minimum Gasteiger partial charge on any atom is -0.336 e. The van der Waals surface area contributed by atoms with Crippen LogP contribution in [0.5, 0.6) is 0 Å². The predicted octanol–water partition coefficient (Wildman–Crippen LogP) is 3.31. The molecule has 1 saturated heterocycles. The van der Waals surface area contributed by atoms with Gasteiger partial charge in [-0.15, -0.1) is 11.3 Å². The summed E-state index contributed by atoms with van der Waals surface area (Å²) in [6.45, 7) is 3.63. The maximum absolute atomic E-state index is 12.9. The first-order chi connectivity index (χ1) is 14.9. The van der Waals surface area contributed by atoms with E-state index in [-0.39, 0.29) is 11.7 Å². The number of sulfone groups is 1. The highest BCUT2D eigenvalue weighted by Crippen LogP contribution is 2.24. The molecule has 162 valence electrons. The molecule has 0 saturated carbocycles. The predicted molar refractivity (Wildman–Crippen MR) is 124 cm³/mol. The van der Waals surface area contributed by atoms with E-state index in [1.165, 1.54) is 6.26 Å². The van der Waals surface area contributed by atoms with E-state index in [2.05, 4.69) is 22.4 Å². The van der Waals surface area contributed by atoms with Gasteiger partial charge in [0.05, 0.1) is 11.4 Å². The number of carbonyl (C=O) groups is 1. The summed E-state index contributed by atoms with van der Waals surface area (Å²) >= 11 is 1.65. The topological polar surface area (TPSA) is 70.6 Å². The fourth-order valence-corrected chi connectivity index (χ4v) is 5.31. The summed E-state index contributed by atoms with van der Waals surface area (Å²) < 4.78 is 23.1. The summed E-state index contributed by atoms with van der Waals surface area (Å²) in [6.07, 6.45) is 1.20. The molecule has 0 N–H and O–H groups in total. The van der Waals surface area contributed by atoms with E-state index < -0.39 is 9.84 Å². The van der Waals surface area contributed by atoms with Crippen molar-refractivity contribution in [2.45, 2.75) is 12.3 Å². The number of rotatable bonds is 6. The smallest absolute Gasteiger partial charge is 0.253 e. The number of carbonyl (C=O) groups excluding carboxylic acids is 1. The molecule has 1 aliphatic rings. The van der Waals surface area contributed by atoms with Gasteiger partial charge < -0.3 is 4.90 Å². The lowest BCUT2D eigenvalue weighted by Gasteiger charge is -2.34. The van der Waals surface area contributed by atoms with Gasteiger partial charge in [0.2, 0.25) is 0 Å². The Labute approximate surface area is 187 Å². The maximum Gasteiger partial charge on any atom is 0.253 e. The third-order valence-corrected chi connectivity index (χ3v) is 7.02. The number of amides is 1. The highest BCUT2D eigenvalue weighted by Gasteiger charge is 2.23. The van der Waals surface area contributed by atoms with Crippen LogP contribution < -0.4 is 0 Å². The van der Waals surface area contributed by atoms with E-state index in [1.54, 1.807) is 35.6 Å². The highest BCUT2D eigenvalue weighted by molar-refractivity contribution is 7.89. The van der Waals surface area contributed by atoms with Gasteiger partial charge >= 0.3 is 0 Å². The van der Waals surface area contributed by atoms with Gasteiger partial charge in [0.15, 0.2) is 9.84 Å². The number of benzene rings is 2. The van der Waals surface area contributed by atoms with Crippen LogP contribution in [0.2, 0.25) is 0 Å². The Hall–Kier alpha value is -2.55. The lowest BCUT2D eigenvalue weighted by atomic mass is 10.1. The van der Waals surface area contributed by atoms with Crippen molar-refractivity contribution < 1.29 is 13.2 Å². The van der Waals surface area contributed by atoms with Crippen molar-refractivity contribution in [2.24, 2.45) is 0 Å². The van der Waals surface area contributed by atoms with Crippen LogP contribution >= 0.6 is 11.3 Å². The molecule has 1 aromatic heterocycles. The van der Waals surface area contributed by atoms with Crippen molar-refractivity contribution in [1.29, 1.82) is 0 Å². The van der Waals surface area contributed by atoms with Crippen LogP contribution in [0.25, 0.3) is 10.6 Å². The summed E-state index contributed by atoms with van der Waals surface area (Å²) in [5.74, 6) is -0.101. The van der Waals surface area contributed by atoms with Gasteiger partial charge in [-0.2, -0.15) is 0 Å². The molecule has 3 aromatic rings.